The predicted octanol–water partition coefficient (Wildman–Crippen LogP) is 3.97. The molecule has 2 fully saturated rings. The number of aromatic nitrogens is 2. The minimum atomic E-state index is 0.0195. The highest BCUT2D eigenvalue weighted by atomic mass is 32.1. The number of thiophene rings is 1. The summed E-state index contributed by atoms with van der Waals surface area (Å²) in [5.41, 5.74) is 0. The molecule has 0 spiro atoms. The van der Waals surface area contributed by atoms with Crippen LogP contribution in [-0.2, 0) is 6.54 Å². The SMILES string of the molecule is CC(=O)c1ccc(C(=O)N2CCC(c3nccn3CC3CCC3)CC2)s1. The zero-order valence-corrected chi connectivity index (χ0v) is 16.0. The number of amides is 1. The fourth-order valence-corrected chi connectivity index (χ4v) is 4.80. The summed E-state index contributed by atoms with van der Waals surface area (Å²) in [6, 6.07) is 3.53. The molecular weight excluding hydrogens is 346 g/mol. The van der Waals surface area contributed by atoms with Gasteiger partial charge in [0.25, 0.3) is 5.91 Å². The summed E-state index contributed by atoms with van der Waals surface area (Å²) < 4.78 is 2.34. The Hall–Kier alpha value is -1.95. The van der Waals surface area contributed by atoms with Gasteiger partial charge in [-0.2, -0.15) is 0 Å². The van der Waals surface area contributed by atoms with Crippen LogP contribution < -0.4 is 0 Å². The van der Waals surface area contributed by atoms with E-state index < -0.39 is 0 Å². The summed E-state index contributed by atoms with van der Waals surface area (Å²) in [7, 11) is 0. The van der Waals surface area contributed by atoms with Gasteiger partial charge < -0.3 is 9.47 Å². The van der Waals surface area contributed by atoms with Gasteiger partial charge in [0, 0.05) is 37.9 Å². The number of ketones is 1. The number of carbonyl (C=O) groups is 2. The quantitative estimate of drug-likeness (QED) is 0.748. The summed E-state index contributed by atoms with van der Waals surface area (Å²) in [5.74, 6) is 2.52. The molecule has 5 nitrogen and oxygen atoms in total. The highest BCUT2D eigenvalue weighted by molar-refractivity contribution is 7.15. The Morgan fingerprint density at radius 3 is 2.50 bits per heavy atom. The molecule has 4 rings (SSSR count). The van der Waals surface area contributed by atoms with Crippen LogP contribution in [0, 0.1) is 5.92 Å². The standard InChI is InChI=1S/C20H25N3O2S/c1-14(24)17-5-6-18(26-17)20(25)22-10-7-16(8-11-22)19-21-9-12-23(19)13-15-3-2-4-15/h5-6,9,12,15-16H,2-4,7-8,10-11,13H2,1H3. The smallest absolute Gasteiger partial charge is 0.263 e. The van der Waals surface area contributed by atoms with Gasteiger partial charge in [-0.05, 0) is 50.7 Å². The topological polar surface area (TPSA) is 55.2 Å². The summed E-state index contributed by atoms with van der Waals surface area (Å²) in [6.45, 7) is 4.15. The number of likely N-dealkylation sites (tertiary alicyclic amines) is 1. The molecule has 138 valence electrons. The molecule has 26 heavy (non-hydrogen) atoms. The van der Waals surface area contributed by atoms with Crippen molar-refractivity contribution in [1.82, 2.24) is 14.5 Å². The van der Waals surface area contributed by atoms with E-state index in [1.54, 1.807) is 12.1 Å². The maximum atomic E-state index is 12.7. The van der Waals surface area contributed by atoms with Gasteiger partial charge in [-0.1, -0.05) is 6.42 Å². The minimum absolute atomic E-state index is 0.0195. The van der Waals surface area contributed by atoms with Crippen LogP contribution in [0.3, 0.4) is 0 Å². The minimum Gasteiger partial charge on any atom is -0.338 e. The van der Waals surface area contributed by atoms with E-state index in [0.717, 1.165) is 38.4 Å². The van der Waals surface area contributed by atoms with E-state index >= 15 is 0 Å². The van der Waals surface area contributed by atoms with Gasteiger partial charge in [0.15, 0.2) is 5.78 Å². The maximum absolute atomic E-state index is 12.7. The van der Waals surface area contributed by atoms with Crippen LogP contribution in [0.1, 0.15) is 70.1 Å². The third kappa shape index (κ3) is 3.47. The molecule has 1 amide bonds. The summed E-state index contributed by atoms with van der Waals surface area (Å²) >= 11 is 1.30. The van der Waals surface area contributed by atoms with E-state index in [1.807, 2.05) is 11.1 Å². The van der Waals surface area contributed by atoms with Crippen LogP contribution in [0.2, 0.25) is 0 Å². The van der Waals surface area contributed by atoms with Crippen molar-refractivity contribution in [1.29, 1.82) is 0 Å². The lowest BCUT2D eigenvalue weighted by molar-refractivity contribution is 0.0714. The van der Waals surface area contributed by atoms with Gasteiger partial charge in [0.1, 0.15) is 5.82 Å². The van der Waals surface area contributed by atoms with Gasteiger partial charge in [0.2, 0.25) is 0 Å². The molecule has 1 aliphatic carbocycles. The van der Waals surface area contributed by atoms with Crippen LogP contribution >= 0.6 is 11.3 Å². The first-order valence-electron chi connectivity index (χ1n) is 9.53. The molecule has 0 bridgehead atoms. The fraction of sp³-hybridized carbons (Fsp3) is 0.550. The van der Waals surface area contributed by atoms with E-state index in [9.17, 15) is 9.59 Å². The van der Waals surface area contributed by atoms with Gasteiger partial charge in [-0.25, -0.2) is 4.98 Å². The van der Waals surface area contributed by atoms with Crippen molar-refractivity contribution in [3.05, 3.63) is 40.1 Å². The third-order valence-electron chi connectivity index (χ3n) is 5.74. The number of nitrogens with zero attached hydrogens (tertiary/aromatic N) is 3. The molecule has 0 radical (unpaired) electrons. The first kappa shape index (κ1) is 17.5. The number of rotatable bonds is 5. The van der Waals surface area contributed by atoms with E-state index in [0.29, 0.717) is 15.7 Å². The fourth-order valence-electron chi connectivity index (χ4n) is 3.93. The summed E-state index contributed by atoms with van der Waals surface area (Å²) in [6.07, 6.45) is 9.99. The van der Waals surface area contributed by atoms with Crippen LogP contribution in [0.4, 0.5) is 0 Å². The molecule has 6 heteroatoms. The normalized spacial score (nSPS) is 18.7. The van der Waals surface area contributed by atoms with Crippen LogP contribution in [-0.4, -0.2) is 39.2 Å². The molecule has 2 aromatic heterocycles. The van der Waals surface area contributed by atoms with E-state index in [1.165, 1.54) is 43.3 Å². The molecule has 2 aromatic rings. The van der Waals surface area contributed by atoms with Crippen molar-refractivity contribution >= 4 is 23.0 Å². The highest BCUT2D eigenvalue weighted by Crippen LogP contribution is 2.32. The summed E-state index contributed by atoms with van der Waals surface area (Å²) in [5, 5.41) is 0. The lowest BCUT2D eigenvalue weighted by atomic mass is 9.85. The first-order chi connectivity index (χ1) is 12.6. The Kier molecular flexibility index (Phi) is 4.94. The molecule has 1 saturated carbocycles. The van der Waals surface area contributed by atoms with E-state index in [4.69, 9.17) is 0 Å². The Balaban J connectivity index is 1.37. The number of hydrogen-bond donors (Lipinski definition) is 0. The third-order valence-corrected chi connectivity index (χ3v) is 6.91. The molecule has 0 unspecified atom stereocenters. The first-order valence-corrected chi connectivity index (χ1v) is 10.3. The second-order valence-corrected chi connectivity index (χ2v) is 8.61. The van der Waals surface area contributed by atoms with Gasteiger partial charge in [-0.3, -0.25) is 9.59 Å². The highest BCUT2D eigenvalue weighted by Gasteiger charge is 2.28. The molecule has 3 heterocycles. The molecular formula is C20H25N3O2S. The number of Topliss-reactive ketones (excluding diaryl/α,β-unsaturated/α-hetero) is 1. The predicted molar refractivity (Wildman–Crippen MR) is 102 cm³/mol. The van der Waals surface area contributed by atoms with Gasteiger partial charge >= 0.3 is 0 Å². The number of piperidine rings is 1. The molecule has 2 aliphatic rings. The monoisotopic (exact) mass is 371 g/mol. The maximum Gasteiger partial charge on any atom is 0.263 e. The number of carbonyl (C=O) groups excluding carboxylic acids is 2. The molecule has 0 N–H and O–H groups in total. The molecule has 0 atom stereocenters. The Morgan fingerprint density at radius 2 is 1.88 bits per heavy atom. The Bertz CT molecular complexity index is 798. The van der Waals surface area contributed by atoms with Gasteiger partial charge in [-0.15, -0.1) is 11.3 Å². The lowest BCUT2D eigenvalue weighted by Gasteiger charge is -2.32. The van der Waals surface area contributed by atoms with Crippen molar-refractivity contribution in [3.63, 3.8) is 0 Å². The van der Waals surface area contributed by atoms with Crippen LogP contribution in [0.15, 0.2) is 24.5 Å². The zero-order chi connectivity index (χ0) is 18.1. The average molecular weight is 372 g/mol. The molecule has 0 aromatic carbocycles. The largest absolute Gasteiger partial charge is 0.338 e. The van der Waals surface area contributed by atoms with E-state index in [-0.39, 0.29) is 11.7 Å². The second-order valence-electron chi connectivity index (χ2n) is 7.52. The van der Waals surface area contributed by atoms with Crippen molar-refractivity contribution < 1.29 is 9.59 Å². The van der Waals surface area contributed by atoms with E-state index in [2.05, 4.69) is 15.7 Å². The molecule has 1 aliphatic heterocycles. The second kappa shape index (κ2) is 7.35. The average Bonchev–Trinajstić information content (AvgIpc) is 3.27. The summed E-state index contributed by atoms with van der Waals surface area (Å²) in [4.78, 5) is 32.0. The lowest BCUT2D eigenvalue weighted by Crippen LogP contribution is -2.38. The number of hydrogen-bond acceptors (Lipinski definition) is 4. The van der Waals surface area contributed by atoms with Crippen molar-refractivity contribution in [2.75, 3.05) is 13.1 Å². The Labute approximate surface area is 158 Å². The number of imidazole rings is 1. The van der Waals surface area contributed by atoms with Crippen LogP contribution in [0.25, 0.3) is 0 Å². The molecule has 1 saturated heterocycles. The van der Waals surface area contributed by atoms with Gasteiger partial charge in [0.05, 0.1) is 9.75 Å². The van der Waals surface area contributed by atoms with Crippen molar-refractivity contribution in [2.24, 2.45) is 5.92 Å². The zero-order valence-electron chi connectivity index (χ0n) is 15.2. The Morgan fingerprint density at radius 1 is 1.15 bits per heavy atom. The van der Waals surface area contributed by atoms with Crippen LogP contribution in [0.5, 0.6) is 0 Å². The van der Waals surface area contributed by atoms with Crippen molar-refractivity contribution in [2.45, 2.75) is 51.5 Å². The van der Waals surface area contributed by atoms with Crippen molar-refractivity contribution in [3.8, 4) is 0 Å².